The van der Waals surface area contributed by atoms with Crippen LogP contribution in [-0.2, 0) is 0 Å². The van der Waals surface area contributed by atoms with Gasteiger partial charge in [0.25, 0.3) is 0 Å². The maximum atomic E-state index is 9.15. The molecule has 0 saturated carbocycles. The second-order valence-electron chi connectivity index (χ2n) is 5.83. The summed E-state index contributed by atoms with van der Waals surface area (Å²) >= 11 is 0. The second kappa shape index (κ2) is 6.58. The van der Waals surface area contributed by atoms with Crippen LogP contribution in [0.4, 0.5) is 0 Å². The van der Waals surface area contributed by atoms with Crippen molar-refractivity contribution in [2.45, 2.75) is 33.6 Å². The zero-order valence-corrected chi connectivity index (χ0v) is 11.1. The summed E-state index contributed by atoms with van der Waals surface area (Å²) in [6, 6.07) is 0. The number of rotatable bonds is 6. The number of piperidine rings is 1. The highest BCUT2D eigenvalue weighted by molar-refractivity contribution is 4.75. The molecule has 3 nitrogen and oxygen atoms in total. The zero-order chi connectivity index (χ0) is 12.0. The Kier molecular flexibility index (Phi) is 5.73. The minimum atomic E-state index is 0.0180. The number of aliphatic hydroxyl groups is 1. The molecule has 0 aromatic rings. The number of nitrogens with zero attached hydrogens (tertiary/aromatic N) is 1. The van der Waals surface area contributed by atoms with Gasteiger partial charge >= 0.3 is 0 Å². The molecule has 2 N–H and O–H groups in total. The lowest BCUT2D eigenvalue weighted by molar-refractivity contribution is 0.148. The molecule has 0 radical (unpaired) electrons. The van der Waals surface area contributed by atoms with Crippen molar-refractivity contribution in [1.82, 2.24) is 10.2 Å². The van der Waals surface area contributed by atoms with Crippen LogP contribution < -0.4 is 5.32 Å². The van der Waals surface area contributed by atoms with Crippen LogP contribution in [-0.4, -0.2) is 49.3 Å². The van der Waals surface area contributed by atoms with Gasteiger partial charge in [0.1, 0.15) is 0 Å². The zero-order valence-electron chi connectivity index (χ0n) is 11.1. The highest BCUT2D eigenvalue weighted by Gasteiger charge is 2.20. The van der Waals surface area contributed by atoms with E-state index < -0.39 is 0 Å². The molecule has 1 heterocycles. The Hall–Kier alpha value is -0.120. The van der Waals surface area contributed by atoms with Crippen LogP contribution in [0.25, 0.3) is 0 Å². The third-order valence-corrected chi connectivity index (χ3v) is 3.62. The molecule has 1 aliphatic heterocycles. The molecule has 0 aliphatic carbocycles. The van der Waals surface area contributed by atoms with Crippen molar-refractivity contribution in [3.63, 3.8) is 0 Å². The smallest absolute Gasteiger partial charge is 0.0494 e. The summed E-state index contributed by atoms with van der Waals surface area (Å²) < 4.78 is 0. The van der Waals surface area contributed by atoms with Crippen LogP contribution in [0.2, 0.25) is 0 Å². The van der Waals surface area contributed by atoms with Crippen LogP contribution >= 0.6 is 0 Å². The predicted molar refractivity (Wildman–Crippen MR) is 68.6 cm³/mol. The third kappa shape index (κ3) is 4.81. The first-order chi connectivity index (χ1) is 7.57. The fourth-order valence-electron chi connectivity index (χ4n) is 2.18. The van der Waals surface area contributed by atoms with Crippen molar-refractivity contribution in [1.29, 1.82) is 0 Å². The average molecular weight is 228 g/mol. The van der Waals surface area contributed by atoms with E-state index in [9.17, 15) is 0 Å². The molecule has 0 bridgehead atoms. The maximum Gasteiger partial charge on any atom is 0.0494 e. The predicted octanol–water partition coefficient (Wildman–Crippen LogP) is 1.33. The molecule has 16 heavy (non-hydrogen) atoms. The van der Waals surface area contributed by atoms with E-state index in [4.69, 9.17) is 5.11 Å². The first-order valence-electron chi connectivity index (χ1n) is 6.61. The van der Waals surface area contributed by atoms with E-state index in [2.05, 4.69) is 31.0 Å². The van der Waals surface area contributed by atoms with Crippen LogP contribution in [0.1, 0.15) is 33.6 Å². The lowest BCUT2D eigenvalue weighted by atomic mass is 9.93. The van der Waals surface area contributed by atoms with E-state index >= 15 is 0 Å². The molecule has 0 unspecified atom stereocenters. The van der Waals surface area contributed by atoms with Gasteiger partial charge < -0.3 is 15.3 Å². The second-order valence-corrected chi connectivity index (χ2v) is 5.83. The Balaban J connectivity index is 2.11. The van der Waals surface area contributed by atoms with E-state index in [1.807, 2.05) is 0 Å². The summed E-state index contributed by atoms with van der Waals surface area (Å²) in [6.45, 7) is 12.4. The molecule has 1 saturated heterocycles. The summed E-state index contributed by atoms with van der Waals surface area (Å²) in [5.74, 6) is 0.831. The van der Waals surface area contributed by atoms with Crippen LogP contribution in [0.15, 0.2) is 0 Å². The number of hydrogen-bond donors (Lipinski definition) is 2. The fraction of sp³-hybridized carbons (Fsp3) is 1.00. The molecule has 0 aromatic carbocycles. The molecule has 1 aliphatic rings. The van der Waals surface area contributed by atoms with Gasteiger partial charge in [0.15, 0.2) is 0 Å². The van der Waals surface area contributed by atoms with E-state index in [0.29, 0.717) is 0 Å². The first kappa shape index (κ1) is 13.9. The lowest BCUT2D eigenvalue weighted by Gasteiger charge is -2.32. The van der Waals surface area contributed by atoms with Gasteiger partial charge in [-0.1, -0.05) is 20.8 Å². The van der Waals surface area contributed by atoms with E-state index in [0.717, 1.165) is 19.0 Å². The Morgan fingerprint density at radius 1 is 1.31 bits per heavy atom. The molecular formula is C13H28N2O. The van der Waals surface area contributed by atoms with Gasteiger partial charge in [-0.25, -0.2) is 0 Å². The monoisotopic (exact) mass is 228 g/mol. The van der Waals surface area contributed by atoms with Crippen molar-refractivity contribution < 1.29 is 5.11 Å². The van der Waals surface area contributed by atoms with Crippen LogP contribution in [0, 0.1) is 11.3 Å². The maximum absolute atomic E-state index is 9.15. The topological polar surface area (TPSA) is 35.5 Å². The highest BCUT2D eigenvalue weighted by atomic mass is 16.3. The van der Waals surface area contributed by atoms with Crippen LogP contribution in [0.3, 0.4) is 0 Å². The van der Waals surface area contributed by atoms with Crippen LogP contribution in [0.5, 0.6) is 0 Å². The summed E-state index contributed by atoms with van der Waals surface area (Å²) in [4.78, 5) is 2.52. The van der Waals surface area contributed by atoms with E-state index in [1.54, 1.807) is 0 Å². The normalized spacial score (nSPS) is 20.2. The average Bonchev–Trinajstić information content (AvgIpc) is 2.30. The molecule has 0 atom stereocenters. The number of aliphatic hydroxyl groups excluding tert-OH is 1. The lowest BCUT2D eigenvalue weighted by Crippen LogP contribution is -2.39. The van der Waals surface area contributed by atoms with E-state index in [-0.39, 0.29) is 12.0 Å². The minimum Gasteiger partial charge on any atom is -0.396 e. The van der Waals surface area contributed by atoms with Crippen molar-refractivity contribution in [2.75, 3.05) is 39.3 Å². The van der Waals surface area contributed by atoms with E-state index in [1.165, 1.54) is 32.5 Å². The van der Waals surface area contributed by atoms with Gasteiger partial charge in [0.05, 0.1) is 0 Å². The summed E-state index contributed by atoms with van der Waals surface area (Å²) in [5, 5.41) is 12.7. The summed E-state index contributed by atoms with van der Waals surface area (Å²) in [6.07, 6.45) is 2.64. The Labute approximate surface area is 100 Å². The van der Waals surface area contributed by atoms with Crippen molar-refractivity contribution in [3.05, 3.63) is 0 Å². The molecule has 1 rings (SSSR count). The molecule has 96 valence electrons. The molecule has 0 spiro atoms. The number of nitrogens with one attached hydrogen (secondary N) is 1. The van der Waals surface area contributed by atoms with Crippen molar-refractivity contribution in [2.24, 2.45) is 11.3 Å². The van der Waals surface area contributed by atoms with Gasteiger partial charge in [-0.15, -0.1) is 0 Å². The largest absolute Gasteiger partial charge is 0.396 e. The highest BCUT2D eigenvalue weighted by Crippen LogP contribution is 2.17. The molecule has 0 amide bonds. The Morgan fingerprint density at radius 2 is 1.94 bits per heavy atom. The SMILES string of the molecule is CCN1CCC(CNCC(C)(C)CO)CC1. The minimum absolute atomic E-state index is 0.0180. The van der Waals surface area contributed by atoms with Crippen molar-refractivity contribution >= 4 is 0 Å². The molecule has 3 heteroatoms. The quantitative estimate of drug-likeness (QED) is 0.720. The molecule has 1 fully saturated rings. The Bertz CT molecular complexity index is 186. The first-order valence-corrected chi connectivity index (χ1v) is 6.61. The summed E-state index contributed by atoms with van der Waals surface area (Å²) in [7, 11) is 0. The number of likely N-dealkylation sites (tertiary alicyclic amines) is 1. The van der Waals surface area contributed by atoms with Gasteiger partial charge in [0, 0.05) is 18.6 Å². The van der Waals surface area contributed by atoms with Gasteiger partial charge in [0.2, 0.25) is 0 Å². The van der Waals surface area contributed by atoms with Gasteiger partial charge in [-0.3, -0.25) is 0 Å². The third-order valence-electron chi connectivity index (χ3n) is 3.62. The van der Waals surface area contributed by atoms with Gasteiger partial charge in [-0.2, -0.15) is 0 Å². The molecule has 0 aromatic heterocycles. The fourth-order valence-corrected chi connectivity index (χ4v) is 2.18. The summed E-state index contributed by atoms with van der Waals surface area (Å²) in [5.41, 5.74) is 0.0180. The number of hydrogen-bond acceptors (Lipinski definition) is 3. The standard InChI is InChI=1S/C13H28N2O/c1-4-15-7-5-12(6-8-15)9-14-10-13(2,3)11-16/h12,14,16H,4-11H2,1-3H3. The van der Waals surface area contributed by atoms with Crippen molar-refractivity contribution in [3.8, 4) is 0 Å². The van der Waals surface area contributed by atoms with Gasteiger partial charge in [-0.05, 0) is 44.9 Å². The molecular weight excluding hydrogens is 200 g/mol. The Morgan fingerprint density at radius 3 is 2.44 bits per heavy atom.